The van der Waals surface area contributed by atoms with Crippen molar-refractivity contribution in [3.8, 4) is 0 Å². The smallest absolute Gasteiger partial charge is 0.306 e. The van der Waals surface area contributed by atoms with Crippen LogP contribution in [0.2, 0.25) is 0 Å². The van der Waals surface area contributed by atoms with Gasteiger partial charge in [-0.25, -0.2) is 0 Å². The van der Waals surface area contributed by atoms with Crippen molar-refractivity contribution in [2.24, 2.45) is 0 Å². The van der Waals surface area contributed by atoms with E-state index in [1.54, 1.807) is 0 Å². The van der Waals surface area contributed by atoms with Crippen LogP contribution in [-0.2, 0) is 9.53 Å². The molecule has 3 heteroatoms. The van der Waals surface area contributed by atoms with E-state index < -0.39 is 0 Å². The molecule has 0 unspecified atom stereocenters. The Kier molecular flexibility index (Phi) is 36.6. The molecule has 3 nitrogen and oxygen atoms in total. The van der Waals surface area contributed by atoms with Crippen LogP contribution in [0.15, 0.2) is 72.9 Å². The van der Waals surface area contributed by atoms with Gasteiger partial charge in [0.05, 0.1) is 0 Å². The minimum absolute atomic E-state index is 0.0120. The fraction of sp³-hybridized carbons (Fsp3) is 0.705. The molecule has 0 aliphatic rings. The Morgan fingerprint density at radius 3 is 1.30 bits per heavy atom. The normalized spacial score (nSPS) is 12.7. The minimum Gasteiger partial charge on any atom is -0.462 e. The highest BCUT2D eigenvalue weighted by Crippen LogP contribution is 2.18. The van der Waals surface area contributed by atoms with Crippen LogP contribution in [0.5, 0.6) is 0 Å². The Morgan fingerprint density at radius 1 is 0.489 bits per heavy atom. The summed E-state index contributed by atoms with van der Waals surface area (Å²) < 4.78 is 6.02. The molecule has 0 N–H and O–H groups in total. The van der Waals surface area contributed by atoms with Crippen LogP contribution >= 0.6 is 0 Å². The zero-order chi connectivity index (χ0) is 34.3. The number of rotatable bonds is 34. The van der Waals surface area contributed by atoms with Gasteiger partial charge < -0.3 is 9.64 Å². The summed E-state index contributed by atoms with van der Waals surface area (Å²) in [6.07, 6.45) is 56.1. The standard InChI is InChI=1S/C44H77NO2/c1-5-7-9-11-13-15-17-19-21-23-25-27-29-31-33-35-39-43(47-44(46)41-37-38-42-45(3)4)40-36-34-32-30-28-26-24-22-20-18-16-14-12-10-8-6-2/h9-12,15-18,21-24,43H,5-8,13-14,19-20,25-42H2,1-4H3/b11-9-,12-10-,17-15-,18-16-,23-21-,24-22-. The lowest BCUT2D eigenvalue weighted by molar-refractivity contribution is -0.150. The highest BCUT2D eigenvalue weighted by Gasteiger charge is 2.14. The lowest BCUT2D eigenvalue weighted by Crippen LogP contribution is -2.19. The predicted molar refractivity (Wildman–Crippen MR) is 210 cm³/mol. The number of unbranched alkanes of at least 4 members (excludes halogenated alkanes) is 13. The average molecular weight is 652 g/mol. The summed E-state index contributed by atoms with van der Waals surface area (Å²) in [7, 11) is 4.17. The summed E-state index contributed by atoms with van der Waals surface area (Å²) in [5.41, 5.74) is 0. The summed E-state index contributed by atoms with van der Waals surface area (Å²) in [5.74, 6) is 0.0120. The predicted octanol–water partition coefficient (Wildman–Crippen LogP) is 13.6. The van der Waals surface area contributed by atoms with Gasteiger partial charge in [0, 0.05) is 6.42 Å². The quantitative estimate of drug-likeness (QED) is 0.0394. The van der Waals surface area contributed by atoms with E-state index in [0.29, 0.717) is 6.42 Å². The maximum atomic E-state index is 12.6. The molecule has 0 aliphatic carbocycles. The molecule has 0 saturated carbocycles. The third-order valence-corrected chi connectivity index (χ3v) is 8.33. The van der Waals surface area contributed by atoms with Gasteiger partial charge in [-0.1, -0.05) is 138 Å². The molecular formula is C44H77NO2. The van der Waals surface area contributed by atoms with Gasteiger partial charge in [0.25, 0.3) is 0 Å². The molecule has 0 saturated heterocycles. The first-order valence-electron chi connectivity index (χ1n) is 19.8. The molecule has 0 aromatic rings. The topological polar surface area (TPSA) is 29.5 Å². The van der Waals surface area contributed by atoms with Crippen molar-refractivity contribution in [1.29, 1.82) is 0 Å². The molecule has 270 valence electrons. The first-order chi connectivity index (χ1) is 23.1. The second-order valence-electron chi connectivity index (χ2n) is 13.4. The molecule has 0 spiro atoms. The molecule has 0 atom stereocenters. The number of allylic oxidation sites excluding steroid dienone is 12. The summed E-state index contributed by atoms with van der Waals surface area (Å²) in [5, 5.41) is 0. The molecule has 0 fully saturated rings. The van der Waals surface area contributed by atoms with E-state index in [4.69, 9.17) is 4.74 Å². The molecule has 0 heterocycles. The number of carbonyl (C=O) groups is 1. The van der Waals surface area contributed by atoms with Crippen LogP contribution in [0.25, 0.3) is 0 Å². The number of carbonyl (C=O) groups excluding carboxylic acids is 1. The van der Waals surface area contributed by atoms with Gasteiger partial charge in [0.15, 0.2) is 0 Å². The van der Waals surface area contributed by atoms with Crippen LogP contribution in [0.3, 0.4) is 0 Å². The summed E-state index contributed by atoms with van der Waals surface area (Å²) in [6, 6.07) is 0. The molecule has 0 bridgehead atoms. The molecule has 0 amide bonds. The first-order valence-corrected chi connectivity index (χ1v) is 19.8. The summed E-state index contributed by atoms with van der Waals surface area (Å²) >= 11 is 0. The van der Waals surface area contributed by atoms with Crippen LogP contribution in [0.4, 0.5) is 0 Å². The van der Waals surface area contributed by atoms with Crippen molar-refractivity contribution < 1.29 is 9.53 Å². The highest BCUT2D eigenvalue weighted by atomic mass is 16.5. The summed E-state index contributed by atoms with van der Waals surface area (Å²) in [4.78, 5) is 14.8. The fourth-order valence-electron chi connectivity index (χ4n) is 5.42. The van der Waals surface area contributed by atoms with Crippen molar-refractivity contribution in [2.75, 3.05) is 20.6 Å². The molecule has 0 rings (SSSR count). The van der Waals surface area contributed by atoms with Gasteiger partial charge in [-0.3, -0.25) is 4.79 Å². The fourth-order valence-corrected chi connectivity index (χ4v) is 5.42. The molecule has 0 aromatic heterocycles. The second-order valence-corrected chi connectivity index (χ2v) is 13.4. The molecule has 0 radical (unpaired) electrons. The first kappa shape index (κ1) is 44.9. The maximum absolute atomic E-state index is 12.6. The van der Waals surface area contributed by atoms with E-state index in [9.17, 15) is 4.79 Å². The van der Waals surface area contributed by atoms with Gasteiger partial charge >= 0.3 is 5.97 Å². The van der Waals surface area contributed by atoms with Crippen molar-refractivity contribution in [3.05, 3.63) is 72.9 Å². The Balaban J connectivity index is 4.13. The van der Waals surface area contributed by atoms with Crippen LogP contribution in [0.1, 0.15) is 174 Å². The number of ether oxygens (including phenoxy) is 1. The second kappa shape index (κ2) is 38.3. The lowest BCUT2D eigenvalue weighted by atomic mass is 10.0. The van der Waals surface area contributed by atoms with E-state index in [1.165, 1.54) is 103 Å². The van der Waals surface area contributed by atoms with Crippen molar-refractivity contribution >= 4 is 5.97 Å². The van der Waals surface area contributed by atoms with Crippen LogP contribution in [-0.4, -0.2) is 37.6 Å². The van der Waals surface area contributed by atoms with E-state index in [2.05, 4.69) is 106 Å². The minimum atomic E-state index is 0.0120. The van der Waals surface area contributed by atoms with Crippen molar-refractivity contribution in [3.63, 3.8) is 0 Å². The van der Waals surface area contributed by atoms with Crippen molar-refractivity contribution in [1.82, 2.24) is 4.90 Å². The Bertz CT molecular complexity index is 778. The zero-order valence-corrected chi connectivity index (χ0v) is 31.7. The largest absolute Gasteiger partial charge is 0.462 e. The van der Waals surface area contributed by atoms with Gasteiger partial charge in [-0.2, -0.15) is 0 Å². The number of esters is 1. The van der Waals surface area contributed by atoms with Crippen molar-refractivity contribution in [2.45, 2.75) is 180 Å². The molecule has 0 aliphatic heterocycles. The van der Waals surface area contributed by atoms with E-state index in [0.717, 1.165) is 57.9 Å². The average Bonchev–Trinajstić information content (AvgIpc) is 3.06. The molecule has 47 heavy (non-hydrogen) atoms. The van der Waals surface area contributed by atoms with Gasteiger partial charge in [0.2, 0.25) is 0 Å². The third kappa shape index (κ3) is 38.2. The van der Waals surface area contributed by atoms with Gasteiger partial charge in [-0.05, 0) is 123 Å². The Labute approximate surface area is 293 Å². The maximum Gasteiger partial charge on any atom is 0.306 e. The SMILES string of the molecule is CCC/C=C\C/C=C\C/C=C\CCCCCCCC(CCCCCCC/C=C\C/C=C\C/C=C\CCC)OC(=O)CCCCN(C)C. The molecular weight excluding hydrogens is 574 g/mol. The van der Waals surface area contributed by atoms with E-state index in [1.807, 2.05) is 0 Å². The summed E-state index contributed by atoms with van der Waals surface area (Å²) in [6.45, 7) is 5.47. The number of nitrogens with zero attached hydrogens (tertiary/aromatic N) is 1. The monoisotopic (exact) mass is 652 g/mol. The number of hydrogen-bond donors (Lipinski definition) is 0. The Morgan fingerprint density at radius 2 is 0.872 bits per heavy atom. The molecule has 0 aromatic carbocycles. The van der Waals surface area contributed by atoms with Crippen LogP contribution in [0, 0.1) is 0 Å². The lowest BCUT2D eigenvalue weighted by Gasteiger charge is -2.18. The number of hydrogen-bond acceptors (Lipinski definition) is 3. The van der Waals surface area contributed by atoms with Crippen LogP contribution < -0.4 is 0 Å². The Hall–Kier alpha value is -2.13. The van der Waals surface area contributed by atoms with Gasteiger partial charge in [-0.15, -0.1) is 0 Å². The third-order valence-electron chi connectivity index (χ3n) is 8.33. The van der Waals surface area contributed by atoms with E-state index in [-0.39, 0.29) is 12.1 Å². The van der Waals surface area contributed by atoms with E-state index >= 15 is 0 Å². The zero-order valence-electron chi connectivity index (χ0n) is 31.7. The highest BCUT2D eigenvalue weighted by molar-refractivity contribution is 5.69. The van der Waals surface area contributed by atoms with Gasteiger partial charge in [0.1, 0.15) is 6.10 Å².